The van der Waals surface area contributed by atoms with Gasteiger partial charge in [0.15, 0.2) is 0 Å². The second-order valence-corrected chi connectivity index (χ2v) is 4.55. The Hall–Kier alpha value is -2.23. The van der Waals surface area contributed by atoms with Crippen LogP contribution < -0.4 is 0 Å². The molecule has 98 valence electrons. The van der Waals surface area contributed by atoms with Gasteiger partial charge in [0.05, 0.1) is 0 Å². The summed E-state index contributed by atoms with van der Waals surface area (Å²) in [5.41, 5.74) is 2.71. The Morgan fingerprint density at radius 1 is 1.21 bits per heavy atom. The number of carbonyl (C=O) groups excluding carboxylic acids is 1. The summed E-state index contributed by atoms with van der Waals surface area (Å²) in [5.74, 6) is -0.0437. The Labute approximate surface area is 113 Å². The molecule has 0 aliphatic carbocycles. The van der Waals surface area contributed by atoms with Gasteiger partial charge in [-0.2, -0.15) is 0 Å². The number of amides is 1. The predicted octanol–water partition coefficient (Wildman–Crippen LogP) is 2.10. The Balaban J connectivity index is 1.96. The zero-order chi connectivity index (χ0) is 13.7. The van der Waals surface area contributed by atoms with E-state index in [1.54, 1.807) is 30.5 Å². The van der Waals surface area contributed by atoms with E-state index in [1.165, 1.54) is 5.56 Å². The van der Waals surface area contributed by atoms with Crippen LogP contribution in [0.2, 0.25) is 0 Å². The van der Waals surface area contributed by atoms with E-state index in [-0.39, 0.29) is 5.91 Å². The molecular formula is C15H17N3O. The highest BCUT2D eigenvalue weighted by Gasteiger charge is 2.12. The highest BCUT2D eigenvalue weighted by molar-refractivity contribution is 5.92. The number of aryl methyl sites for hydroxylation is 1. The van der Waals surface area contributed by atoms with Crippen molar-refractivity contribution in [1.82, 2.24) is 14.9 Å². The lowest BCUT2D eigenvalue weighted by atomic mass is 10.2. The van der Waals surface area contributed by atoms with Gasteiger partial charge in [0.1, 0.15) is 5.69 Å². The van der Waals surface area contributed by atoms with Crippen LogP contribution in [-0.4, -0.2) is 34.4 Å². The third-order valence-corrected chi connectivity index (χ3v) is 2.97. The molecule has 0 N–H and O–H groups in total. The molecule has 0 aliphatic rings. The van der Waals surface area contributed by atoms with Crippen molar-refractivity contribution in [2.45, 2.75) is 13.3 Å². The molecule has 0 saturated heterocycles. The van der Waals surface area contributed by atoms with E-state index in [1.807, 2.05) is 31.2 Å². The Morgan fingerprint density at radius 3 is 2.63 bits per heavy atom. The Morgan fingerprint density at radius 2 is 1.95 bits per heavy atom. The fourth-order valence-electron chi connectivity index (χ4n) is 1.80. The van der Waals surface area contributed by atoms with Crippen molar-refractivity contribution in [3.8, 4) is 0 Å². The van der Waals surface area contributed by atoms with Crippen molar-refractivity contribution in [3.05, 3.63) is 59.7 Å². The summed E-state index contributed by atoms with van der Waals surface area (Å²) in [5, 5.41) is 0. The number of rotatable bonds is 4. The summed E-state index contributed by atoms with van der Waals surface area (Å²) in [6.07, 6.45) is 6.01. The molecule has 4 nitrogen and oxygen atoms in total. The average molecular weight is 255 g/mol. The van der Waals surface area contributed by atoms with E-state index in [2.05, 4.69) is 9.97 Å². The number of carbonyl (C=O) groups is 1. The zero-order valence-corrected chi connectivity index (χ0v) is 11.2. The molecule has 19 heavy (non-hydrogen) atoms. The number of nitrogens with zero attached hydrogens (tertiary/aromatic N) is 3. The van der Waals surface area contributed by atoms with Gasteiger partial charge < -0.3 is 4.90 Å². The highest BCUT2D eigenvalue weighted by Crippen LogP contribution is 2.05. The predicted molar refractivity (Wildman–Crippen MR) is 73.9 cm³/mol. The second-order valence-electron chi connectivity index (χ2n) is 4.55. The minimum Gasteiger partial charge on any atom is -0.340 e. The summed E-state index contributed by atoms with van der Waals surface area (Å²) in [7, 11) is 1.80. The summed E-state index contributed by atoms with van der Waals surface area (Å²) in [6, 6.07) is 7.62. The first-order valence-corrected chi connectivity index (χ1v) is 6.24. The van der Waals surface area contributed by atoms with Crippen molar-refractivity contribution in [2.24, 2.45) is 0 Å². The third kappa shape index (κ3) is 3.61. The minimum absolute atomic E-state index is 0.0437. The summed E-state index contributed by atoms with van der Waals surface area (Å²) < 4.78 is 0. The molecule has 4 heteroatoms. The van der Waals surface area contributed by atoms with Gasteiger partial charge in [-0.25, -0.2) is 0 Å². The number of hydrogen-bond donors (Lipinski definition) is 0. The van der Waals surface area contributed by atoms with E-state index in [4.69, 9.17) is 0 Å². The van der Waals surface area contributed by atoms with Crippen LogP contribution in [-0.2, 0) is 6.42 Å². The van der Waals surface area contributed by atoms with Crippen LogP contribution in [0.15, 0.2) is 42.9 Å². The minimum atomic E-state index is -0.0437. The van der Waals surface area contributed by atoms with Crippen LogP contribution in [0.1, 0.15) is 21.6 Å². The molecule has 2 heterocycles. The lowest BCUT2D eigenvalue weighted by Crippen LogP contribution is -2.29. The van der Waals surface area contributed by atoms with Gasteiger partial charge in [0, 0.05) is 32.2 Å². The van der Waals surface area contributed by atoms with E-state index in [0.29, 0.717) is 12.2 Å². The van der Waals surface area contributed by atoms with Crippen molar-refractivity contribution >= 4 is 5.91 Å². The van der Waals surface area contributed by atoms with Gasteiger partial charge in [0.2, 0.25) is 0 Å². The largest absolute Gasteiger partial charge is 0.340 e. The second kappa shape index (κ2) is 6.09. The molecule has 0 unspecified atom stereocenters. The molecule has 0 radical (unpaired) electrons. The van der Waals surface area contributed by atoms with Gasteiger partial charge in [0.25, 0.3) is 5.91 Å². The lowest BCUT2D eigenvalue weighted by Gasteiger charge is -2.16. The Kier molecular flexibility index (Phi) is 4.23. The van der Waals surface area contributed by atoms with Crippen molar-refractivity contribution in [3.63, 3.8) is 0 Å². The first-order chi connectivity index (χ1) is 9.16. The molecule has 0 fully saturated rings. The first kappa shape index (κ1) is 13.2. The quantitative estimate of drug-likeness (QED) is 0.840. The number of hydrogen-bond acceptors (Lipinski definition) is 3. The standard InChI is InChI=1S/C15H17N3O/c1-12-3-9-17-14(11-12)15(19)18(2)10-6-13-4-7-16-8-5-13/h3-5,7-9,11H,6,10H2,1-2H3. The van der Waals surface area contributed by atoms with Crippen molar-refractivity contribution < 1.29 is 4.79 Å². The lowest BCUT2D eigenvalue weighted by molar-refractivity contribution is 0.0791. The molecule has 0 bridgehead atoms. The maximum absolute atomic E-state index is 12.2. The van der Waals surface area contributed by atoms with Gasteiger partial charge >= 0.3 is 0 Å². The molecule has 0 saturated carbocycles. The zero-order valence-electron chi connectivity index (χ0n) is 11.2. The summed E-state index contributed by atoms with van der Waals surface area (Å²) in [4.78, 5) is 22.0. The smallest absolute Gasteiger partial charge is 0.272 e. The molecule has 2 aromatic heterocycles. The Bertz CT molecular complexity index is 554. The fraction of sp³-hybridized carbons (Fsp3) is 0.267. The fourth-order valence-corrected chi connectivity index (χ4v) is 1.80. The topological polar surface area (TPSA) is 46.1 Å². The molecule has 0 spiro atoms. The van der Waals surface area contributed by atoms with E-state index >= 15 is 0 Å². The van der Waals surface area contributed by atoms with Crippen LogP contribution in [0.5, 0.6) is 0 Å². The molecule has 1 amide bonds. The van der Waals surface area contributed by atoms with Crippen molar-refractivity contribution in [2.75, 3.05) is 13.6 Å². The van der Waals surface area contributed by atoms with E-state index in [0.717, 1.165) is 12.0 Å². The van der Waals surface area contributed by atoms with Crippen LogP contribution >= 0.6 is 0 Å². The normalized spacial score (nSPS) is 10.2. The van der Waals surface area contributed by atoms with Crippen molar-refractivity contribution in [1.29, 1.82) is 0 Å². The summed E-state index contributed by atoms with van der Waals surface area (Å²) in [6.45, 7) is 2.62. The maximum atomic E-state index is 12.2. The SMILES string of the molecule is Cc1ccnc(C(=O)N(C)CCc2ccncc2)c1. The highest BCUT2D eigenvalue weighted by atomic mass is 16.2. The number of pyridine rings is 2. The first-order valence-electron chi connectivity index (χ1n) is 6.24. The van der Waals surface area contributed by atoms with Gasteiger partial charge in [-0.05, 0) is 48.7 Å². The monoisotopic (exact) mass is 255 g/mol. The molecule has 2 rings (SSSR count). The third-order valence-electron chi connectivity index (χ3n) is 2.97. The average Bonchev–Trinajstić information content (AvgIpc) is 2.45. The van der Waals surface area contributed by atoms with Crippen LogP contribution in [0.3, 0.4) is 0 Å². The number of aromatic nitrogens is 2. The van der Waals surface area contributed by atoms with Gasteiger partial charge in [-0.3, -0.25) is 14.8 Å². The number of likely N-dealkylation sites (N-methyl/N-ethyl adjacent to an activating group) is 1. The molecule has 2 aromatic rings. The summed E-state index contributed by atoms with van der Waals surface area (Å²) >= 11 is 0. The molecule has 0 aromatic carbocycles. The van der Waals surface area contributed by atoms with Crippen LogP contribution in [0.25, 0.3) is 0 Å². The van der Waals surface area contributed by atoms with Crippen LogP contribution in [0.4, 0.5) is 0 Å². The van der Waals surface area contributed by atoms with Gasteiger partial charge in [-0.15, -0.1) is 0 Å². The molecule has 0 atom stereocenters. The van der Waals surface area contributed by atoms with Gasteiger partial charge in [-0.1, -0.05) is 0 Å². The van der Waals surface area contributed by atoms with E-state index < -0.39 is 0 Å². The molecule has 0 aliphatic heterocycles. The van der Waals surface area contributed by atoms with Crippen LogP contribution in [0, 0.1) is 6.92 Å². The molecular weight excluding hydrogens is 238 g/mol. The van der Waals surface area contributed by atoms with E-state index in [9.17, 15) is 4.79 Å². The maximum Gasteiger partial charge on any atom is 0.272 e.